The van der Waals surface area contributed by atoms with Gasteiger partial charge in [-0.1, -0.05) is 26.7 Å². The van der Waals surface area contributed by atoms with E-state index in [2.05, 4.69) is 46.8 Å². The van der Waals surface area contributed by atoms with Gasteiger partial charge in [0, 0.05) is 29.0 Å². The largest absolute Gasteiger partial charge is 0.497 e. The molecule has 0 N–H and O–H groups in total. The van der Waals surface area contributed by atoms with Crippen molar-refractivity contribution in [2.24, 2.45) is 5.41 Å². The molecule has 0 aliphatic carbocycles. The van der Waals surface area contributed by atoms with Crippen molar-refractivity contribution in [3.8, 4) is 5.75 Å². The highest BCUT2D eigenvalue weighted by Crippen LogP contribution is 2.44. The topological polar surface area (TPSA) is 12.5 Å². The number of hydrogen-bond acceptors (Lipinski definition) is 2. The molecule has 19 heavy (non-hydrogen) atoms. The number of ether oxygens (including phenoxy) is 1. The number of nitrogens with zero attached hydrogens (tertiary/aromatic N) is 1. The lowest BCUT2D eigenvalue weighted by Crippen LogP contribution is -2.56. The standard InChI is InChI=1S/C16H24BrNO/c1-4-8-16(9-5-2)11-18(12-16)15-10-13(19-3)6-7-14(15)17/h6-7,10H,4-5,8-9,11-12H2,1-3H3. The summed E-state index contributed by atoms with van der Waals surface area (Å²) in [6, 6.07) is 6.21. The Morgan fingerprint density at radius 3 is 2.37 bits per heavy atom. The third kappa shape index (κ3) is 3.07. The molecule has 1 aliphatic heterocycles. The van der Waals surface area contributed by atoms with E-state index in [1.165, 1.54) is 44.5 Å². The zero-order valence-electron chi connectivity index (χ0n) is 12.2. The van der Waals surface area contributed by atoms with E-state index in [9.17, 15) is 0 Å². The second-order valence-corrected chi connectivity index (χ2v) is 6.53. The van der Waals surface area contributed by atoms with Crippen LogP contribution in [0, 0.1) is 5.41 Å². The monoisotopic (exact) mass is 325 g/mol. The third-order valence-electron chi connectivity index (χ3n) is 4.11. The number of benzene rings is 1. The first-order valence-electron chi connectivity index (χ1n) is 7.22. The van der Waals surface area contributed by atoms with Crippen LogP contribution in [0.1, 0.15) is 39.5 Å². The first kappa shape index (κ1) is 14.7. The molecule has 1 aromatic rings. The zero-order valence-corrected chi connectivity index (χ0v) is 13.8. The Kier molecular flexibility index (Phi) is 4.77. The van der Waals surface area contributed by atoms with Crippen molar-refractivity contribution in [3.05, 3.63) is 22.7 Å². The lowest BCUT2D eigenvalue weighted by Gasteiger charge is -2.52. The summed E-state index contributed by atoms with van der Waals surface area (Å²) in [5.41, 5.74) is 1.81. The maximum atomic E-state index is 5.33. The normalized spacial score (nSPS) is 17.2. The minimum atomic E-state index is 0.548. The van der Waals surface area contributed by atoms with Crippen molar-refractivity contribution in [3.63, 3.8) is 0 Å². The number of anilines is 1. The van der Waals surface area contributed by atoms with Gasteiger partial charge in [-0.3, -0.25) is 0 Å². The van der Waals surface area contributed by atoms with E-state index in [1.54, 1.807) is 7.11 Å². The zero-order chi connectivity index (χ0) is 13.9. The van der Waals surface area contributed by atoms with Crippen molar-refractivity contribution >= 4 is 21.6 Å². The van der Waals surface area contributed by atoms with E-state index in [-0.39, 0.29) is 0 Å². The molecular formula is C16H24BrNO. The molecule has 1 aromatic carbocycles. The average molecular weight is 326 g/mol. The molecular weight excluding hydrogens is 302 g/mol. The van der Waals surface area contributed by atoms with Gasteiger partial charge in [-0.15, -0.1) is 0 Å². The maximum absolute atomic E-state index is 5.33. The van der Waals surface area contributed by atoms with Crippen LogP contribution in [-0.2, 0) is 0 Å². The Balaban J connectivity index is 2.10. The van der Waals surface area contributed by atoms with E-state index < -0.39 is 0 Å². The lowest BCUT2D eigenvalue weighted by atomic mass is 9.72. The predicted octanol–water partition coefficient (Wildman–Crippen LogP) is 4.86. The van der Waals surface area contributed by atoms with Crippen LogP contribution >= 0.6 is 15.9 Å². The molecule has 2 nitrogen and oxygen atoms in total. The summed E-state index contributed by atoms with van der Waals surface area (Å²) in [6.07, 6.45) is 5.26. The van der Waals surface area contributed by atoms with E-state index in [4.69, 9.17) is 4.74 Å². The highest BCUT2D eigenvalue weighted by atomic mass is 79.9. The summed E-state index contributed by atoms with van der Waals surface area (Å²) in [7, 11) is 1.72. The molecule has 0 amide bonds. The fourth-order valence-electron chi connectivity index (χ4n) is 3.30. The Bertz CT molecular complexity index is 419. The van der Waals surface area contributed by atoms with Crippen LogP contribution in [-0.4, -0.2) is 20.2 Å². The minimum absolute atomic E-state index is 0.548. The van der Waals surface area contributed by atoms with E-state index in [1.807, 2.05) is 6.07 Å². The van der Waals surface area contributed by atoms with Gasteiger partial charge < -0.3 is 9.64 Å². The minimum Gasteiger partial charge on any atom is -0.497 e. The van der Waals surface area contributed by atoms with Crippen molar-refractivity contribution < 1.29 is 4.74 Å². The molecule has 1 fully saturated rings. The van der Waals surface area contributed by atoms with Crippen LogP contribution in [0.2, 0.25) is 0 Å². The van der Waals surface area contributed by atoms with Gasteiger partial charge in [-0.2, -0.15) is 0 Å². The first-order valence-corrected chi connectivity index (χ1v) is 8.02. The summed E-state index contributed by atoms with van der Waals surface area (Å²) in [6.45, 7) is 6.95. The van der Waals surface area contributed by atoms with Gasteiger partial charge in [0.15, 0.2) is 0 Å². The van der Waals surface area contributed by atoms with Gasteiger partial charge in [-0.25, -0.2) is 0 Å². The molecule has 0 radical (unpaired) electrons. The van der Waals surface area contributed by atoms with E-state index in [0.717, 1.165) is 10.2 Å². The van der Waals surface area contributed by atoms with Crippen LogP contribution in [0.3, 0.4) is 0 Å². The van der Waals surface area contributed by atoms with Gasteiger partial charge in [0.2, 0.25) is 0 Å². The molecule has 1 saturated heterocycles. The second kappa shape index (κ2) is 6.17. The Hall–Kier alpha value is -0.700. The molecule has 1 heterocycles. The van der Waals surface area contributed by atoms with Gasteiger partial charge >= 0.3 is 0 Å². The fraction of sp³-hybridized carbons (Fsp3) is 0.625. The van der Waals surface area contributed by atoms with Crippen molar-refractivity contribution in [2.45, 2.75) is 39.5 Å². The quantitative estimate of drug-likeness (QED) is 0.740. The van der Waals surface area contributed by atoms with Crippen LogP contribution in [0.5, 0.6) is 5.75 Å². The molecule has 3 heteroatoms. The molecule has 0 bridgehead atoms. The molecule has 0 aromatic heterocycles. The predicted molar refractivity (Wildman–Crippen MR) is 85.2 cm³/mol. The SMILES string of the molecule is CCCC1(CCC)CN(c2cc(OC)ccc2Br)C1. The van der Waals surface area contributed by atoms with E-state index in [0.29, 0.717) is 5.41 Å². The van der Waals surface area contributed by atoms with E-state index >= 15 is 0 Å². The number of halogens is 1. The van der Waals surface area contributed by atoms with Crippen LogP contribution < -0.4 is 9.64 Å². The van der Waals surface area contributed by atoms with Gasteiger partial charge in [0.25, 0.3) is 0 Å². The third-order valence-corrected chi connectivity index (χ3v) is 4.78. The Morgan fingerprint density at radius 2 is 1.84 bits per heavy atom. The van der Waals surface area contributed by atoms with Gasteiger partial charge in [0.1, 0.15) is 5.75 Å². The van der Waals surface area contributed by atoms with Crippen LogP contribution in [0.4, 0.5) is 5.69 Å². The molecule has 1 aliphatic rings. The van der Waals surface area contributed by atoms with Crippen LogP contribution in [0.15, 0.2) is 22.7 Å². The maximum Gasteiger partial charge on any atom is 0.121 e. The molecule has 0 saturated carbocycles. The fourth-order valence-corrected chi connectivity index (χ4v) is 3.79. The van der Waals surface area contributed by atoms with Crippen molar-refractivity contribution in [1.29, 1.82) is 0 Å². The number of methoxy groups -OCH3 is 1. The average Bonchev–Trinajstić information content (AvgIpc) is 2.36. The van der Waals surface area contributed by atoms with Gasteiger partial charge in [0.05, 0.1) is 12.8 Å². The number of hydrogen-bond donors (Lipinski definition) is 0. The molecule has 0 spiro atoms. The van der Waals surface area contributed by atoms with Crippen molar-refractivity contribution in [1.82, 2.24) is 0 Å². The highest BCUT2D eigenvalue weighted by Gasteiger charge is 2.41. The van der Waals surface area contributed by atoms with Crippen molar-refractivity contribution in [2.75, 3.05) is 25.1 Å². The molecule has 2 rings (SSSR count). The molecule has 106 valence electrons. The Morgan fingerprint density at radius 1 is 1.21 bits per heavy atom. The summed E-state index contributed by atoms with van der Waals surface area (Å²) < 4.78 is 6.49. The molecule has 0 atom stereocenters. The summed E-state index contributed by atoms with van der Waals surface area (Å²) in [5.74, 6) is 0.932. The first-order chi connectivity index (χ1) is 9.14. The summed E-state index contributed by atoms with van der Waals surface area (Å²) in [5, 5.41) is 0. The Labute approximate surface area is 125 Å². The van der Waals surface area contributed by atoms with Gasteiger partial charge in [-0.05, 0) is 40.9 Å². The summed E-state index contributed by atoms with van der Waals surface area (Å²) in [4.78, 5) is 2.47. The number of rotatable bonds is 6. The summed E-state index contributed by atoms with van der Waals surface area (Å²) >= 11 is 3.65. The second-order valence-electron chi connectivity index (χ2n) is 5.67. The smallest absolute Gasteiger partial charge is 0.121 e. The van der Waals surface area contributed by atoms with Crippen LogP contribution in [0.25, 0.3) is 0 Å². The molecule has 0 unspecified atom stereocenters. The lowest BCUT2D eigenvalue weighted by molar-refractivity contribution is 0.173. The highest BCUT2D eigenvalue weighted by molar-refractivity contribution is 9.10.